The number of sulfonamides is 1. The number of carbonyl (C=O) groups excluding carboxylic acids is 1. The number of pyridine rings is 1. The Balaban J connectivity index is 1.45. The number of alkyl halides is 1. The third-order valence-electron chi connectivity index (χ3n) is 7.44. The molecule has 1 atom stereocenters. The summed E-state index contributed by atoms with van der Waals surface area (Å²) in [6, 6.07) is 3.26. The average molecular weight is 622 g/mol. The van der Waals surface area contributed by atoms with Crippen molar-refractivity contribution in [3.05, 3.63) is 35.3 Å². The minimum Gasteiger partial charge on any atom is -0.459 e. The Morgan fingerprint density at radius 1 is 1.24 bits per heavy atom. The van der Waals surface area contributed by atoms with E-state index < -0.39 is 27.6 Å². The first-order valence-electron chi connectivity index (χ1n) is 14.8. The van der Waals surface area contributed by atoms with Gasteiger partial charge in [-0.15, -0.1) is 11.6 Å². The number of aryl methyl sites for hydroxylation is 1. The molecule has 1 saturated heterocycles. The number of hydrogen-bond acceptors (Lipinski definition) is 10. The predicted molar refractivity (Wildman–Crippen MR) is 167 cm³/mol. The van der Waals surface area contributed by atoms with Gasteiger partial charge in [-0.05, 0) is 70.9 Å². The van der Waals surface area contributed by atoms with Crippen molar-refractivity contribution in [2.24, 2.45) is 0 Å². The van der Waals surface area contributed by atoms with E-state index >= 15 is 0 Å². The molecule has 2 aromatic rings. The molecule has 3 N–H and O–H groups in total. The fourth-order valence-electron chi connectivity index (χ4n) is 5.38. The maximum atomic E-state index is 13.0. The smallest absolute Gasteiger partial charge is 0.326 e. The second-order valence-corrected chi connectivity index (χ2v) is 14.1. The molecule has 0 aliphatic carbocycles. The van der Waals surface area contributed by atoms with Crippen LogP contribution in [0.1, 0.15) is 76.1 Å². The van der Waals surface area contributed by atoms with Crippen molar-refractivity contribution < 1.29 is 17.9 Å². The zero-order valence-electron chi connectivity index (χ0n) is 25.1. The number of nitrogens with zero attached hydrogens (tertiary/aromatic N) is 4. The molecule has 0 unspecified atom stereocenters. The summed E-state index contributed by atoms with van der Waals surface area (Å²) in [6.07, 6.45) is 6.60. The van der Waals surface area contributed by atoms with E-state index in [0.29, 0.717) is 18.2 Å². The van der Waals surface area contributed by atoms with Crippen LogP contribution in [0.2, 0.25) is 0 Å². The van der Waals surface area contributed by atoms with Crippen LogP contribution in [-0.2, 0) is 32.4 Å². The Morgan fingerprint density at radius 2 is 2.00 bits per heavy atom. The molecule has 4 heterocycles. The van der Waals surface area contributed by atoms with E-state index in [2.05, 4.69) is 42.4 Å². The van der Waals surface area contributed by atoms with Crippen LogP contribution < -0.4 is 20.3 Å². The van der Waals surface area contributed by atoms with Crippen LogP contribution in [-0.4, -0.2) is 78.8 Å². The molecule has 0 saturated carbocycles. The molecule has 2 aromatic heterocycles. The van der Waals surface area contributed by atoms with Crippen molar-refractivity contribution in [3.8, 4) is 0 Å². The van der Waals surface area contributed by atoms with E-state index in [4.69, 9.17) is 21.3 Å². The van der Waals surface area contributed by atoms with Crippen molar-refractivity contribution >= 4 is 45.0 Å². The van der Waals surface area contributed by atoms with Gasteiger partial charge in [0, 0.05) is 49.2 Å². The summed E-state index contributed by atoms with van der Waals surface area (Å²) < 4.78 is 33.2. The van der Waals surface area contributed by atoms with Gasteiger partial charge in [0.05, 0.1) is 5.75 Å². The highest BCUT2D eigenvalue weighted by Crippen LogP contribution is 2.33. The number of hydrogen-bond donors (Lipinski definition) is 3. The molecule has 1 fully saturated rings. The predicted octanol–water partition coefficient (Wildman–Crippen LogP) is 3.85. The van der Waals surface area contributed by atoms with Crippen molar-refractivity contribution in [1.29, 1.82) is 0 Å². The summed E-state index contributed by atoms with van der Waals surface area (Å²) in [5.74, 6) is 2.21. The molecule has 42 heavy (non-hydrogen) atoms. The Labute approximate surface area is 254 Å². The Hall–Kier alpha value is -2.70. The molecule has 232 valence electrons. The van der Waals surface area contributed by atoms with Gasteiger partial charge < -0.3 is 20.3 Å². The van der Waals surface area contributed by atoms with E-state index in [9.17, 15) is 13.2 Å². The first-order chi connectivity index (χ1) is 20.0. The van der Waals surface area contributed by atoms with Crippen LogP contribution in [0.5, 0.6) is 0 Å². The Morgan fingerprint density at radius 3 is 2.69 bits per heavy atom. The van der Waals surface area contributed by atoms with E-state index in [1.807, 2.05) is 6.92 Å². The van der Waals surface area contributed by atoms with Crippen LogP contribution in [0.25, 0.3) is 0 Å². The molecular formula is C29H44ClN7O4S. The number of ether oxygens (including phenoxy) is 1. The number of piperidine rings is 1. The van der Waals surface area contributed by atoms with Gasteiger partial charge in [0.2, 0.25) is 10.0 Å². The van der Waals surface area contributed by atoms with Crippen LogP contribution >= 0.6 is 11.6 Å². The van der Waals surface area contributed by atoms with Gasteiger partial charge >= 0.3 is 5.97 Å². The number of esters is 1. The summed E-state index contributed by atoms with van der Waals surface area (Å²) in [5, 5.41) is 6.64. The monoisotopic (exact) mass is 621 g/mol. The maximum Gasteiger partial charge on any atom is 0.326 e. The topological polar surface area (TPSA) is 138 Å². The number of halogens is 1. The van der Waals surface area contributed by atoms with E-state index in [-0.39, 0.29) is 24.6 Å². The highest BCUT2D eigenvalue weighted by molar-refractivity contribution is 7.89. The SMILES string of the molecule is CCc1c(NC[C@H](NS(=O)(=O)CCCCl)C(=O)OC(C)(C)C)ncnc1N1CCC(c2ccc3c(n2)NCCC3)CC1. The van der Waals surface area contributed by atoms with Gasteiger partial charge in [-0.1, -0.05) is 13.0 Å². The molecule has 0 aromatic carbocycles. The second-order valence-electron chi connectivity index (χ2n) is 11.9. The normalized spacial score (nSPS) is 16.8. The zero-order chi connectivity index (χ0) is 30.3. The molecule has 11 nitrogen and oxygen atoms in total. The quantitative estimate of drug-likeness (QED) is 0.237. The zero-order valence-corrected chi connectivity index (χ0v) is 26.7. The molecule has 2 aliphatic heterocycles. The van der Waals surface area contributed by atoms with E-state index in [1.165, 1.54) is 11.9 Å². The molecule has 4 rings (SSSR count). The third-order valence-corrected chi connectivity index (χ3v) is 9.18. The summed E-state index contributed by atoms with van der Waals surface area (Å²) in [6.45, 7) is 9.87. The molecule has 0 bridgehead atoms. The third kappa shape index (κ3) is 8.67. The van der Waals surface area contributed by atoms with Gasteiger partial charge in [-0.3, -0.25) is 4.79 Å². The standard InChI is InChI=1S/C29H44ClN7O4S/c1-5-22-26(32-18-24(28(38)41-29(2,3)4)36-42(39,40)17-7-13-30)33-19-34-27(22)37-15-11-20(12-16-37)23-10-9-21-8-6-14-31-25(21)35-23/h9-10,19-20,24,36H,5-8,11-18H2,1-4H3,(H,31,35)(H,32,33,34)/t24-/m0/s1. The summed E-state index contributed by atoms with van der Waals surface area (Å²) in [7, 11) is -3.75. The lowest BCUT2D eigenvalue weighted by Crippen LogP contribution is -2.48. The van der Waals surface area contributed by atoms with Crippen molar-refractivity contribution in [3.63, 3.8) is 0 Å². The number of aromatic nitrogens is 3. The van der Waals surface area contributed by atoms with Crippen LogP contribution in [0.15, 0.2) is 18.5 Å². The number of fused-ring (bicyclic) bond motifs is 1. The van der Waals surface area contributed by atoms with Crippen molar-refractivity contribution in [2.45, 2.75) is 83.8 Å². The summed E-state index contributed by atoms with van der Waals surface area (Å²) >= 11 is 5.69. The molecule has 0 amide bonds. The Kier molecular flexibility index (Phi) is 10.9. The molecule has 0 spiro atoms. The number of carbonyl (C=O) groups is 1. The Bertz CT molecular complexity index is 1330. The first-order valence-corrected chi connectivity index (χ1v) is 17.0. The van der Waals surface area contributed by atoms with Gasteiger partial charge in [-0.25, -0.2) is 23.4 Å². The van der Waals surface area contributed by atoms with Gasteiger partial charge in [0.15, 0.2) is 0 Å². The average Bonchev–Trinajstić information content (AvgIpc) is 2.97. The van der Waals surface area contributed by atoms with Gasteiger partial charge in [0.25, 0.3) is 0 Å². The lowest BCUT2D eigenvalue weighted by molar-refractivity contribution is -0.156. The van der Waals surface area contributed by atoms with Crippen LogP contribution in [0, 0.1) is 0 Å². The number of nitrogens with one attached hydrogen (secondary N) is 3. The summed E-state index contributed by atoms with van der Waals surface area (Å²) in [5.41, 5.74) is 2.59. The summed E-state index contributed by atoms with van der Waals surface area (Å²) in [4.78, 5) is 29.3. The lowest BCUT2D eigenvalue weighted by atomic mass is 9.92. The fourth-order valence-corrected chi connectivity index (χ4v) is 6.92. The highest BCUT2D eigenvalue weighted by Gasteiger charge is 2.30. The molecular weight excluding hydrogens is 578 g/mol. The highest BCUT2D eigenvalue weighted by atomic mass is 35.5. The number of anilines is 3. The largest absolute Gasteiger partial charge is 0.459 e. The second kappa shape index (κ2) is 14.2. The van der Waals surface area contributed by atoms with E-state index in [1.54, 1.807) is 20.8 Å². The number of rotatable bonds is 12. The minimum atomic E-state index is -3.75. The molecule has 13 heteroatoms. The van der Waals surface area contributed by atoms with Gasteiger partial charge in [-0.2, -0.15) is 4.72 Å². The lowest BCUT2D eigenvalue weighted by Gasteiger charge is -2.34. The molecule has 2 aliphatic rings. The maximum absolute atomic E-state index is 13.0. The van der Waals surface area contributed by atoms with Crippen LogP contribution in [0.3, 0.4) is 0 Å². The fraction of sp³-hybridized carbons (Fsp3) is 0.655. The van der Waals surface area contributed by atoms with E-state index in [0.717, 1.165) is 68.2 Å². The van der Waals surface area contributed by atoms with Crippen LogP contribution in [0.4, 0.5) is 17.5 Å². The van der Waals surface area contributed by atoms with Crippen molar-refractivity contribution in [2.75, 3.05) is 53.3 Å². The van der Waals surface area contributed by atoms with Crippen molar-refractivity contribution in [1.82, 2.24) is 19.7 Å². The molecule has 0 radical (unpaired) electrons. The minimum absolute atomic E-state index is 0.0292. The van der Waals surface area contributed by atoms with Gasteiger partial charge in [0.1, 0.15) is 35.4 Å². The first kappa shape index (κ1) is 32.2.